The number of hydrogen-bond acceptors (Lipinski definition) is 3. The highest BCUT2D eigenvalue weighted by atomic mass is 15.2. The van der Waals surface area contributed by atoms with Crippen molar-refractivity contribution in [2.45, 2.75) is 46.1 Å². The Bertz CT molecular complexity index is 375. The lowest BCUT2D eigenvalue weighted by Gasteiger charge is -2.39. The first kappa shape index (κ1) is 13.3. The van der Waals surface area contributed by atoms with Gasteiger partial charge in [-0.05, 0) is 36.8 Å². The van der Waals surface area contributed by atoms with E-state index in [1.54, 1.807) is 0 Å². The zero-order chi connectivity index (χ0) is 13.2. The Hall–Kier alpha value is -1.09. The summed E-state index contributed by atoms with van der Waals surface area (Å²) in [5, 5.41) is 0. The van der Waals surface area contributed by atoms with Gasteiger partial charge in [0, 0.05) is 25.3 Å². The van der Waals surface area contributed by atoms with Gasteiger partial charge in [0.05, 0.1) is 0 Å². The van der Waals surface area contributed by atoms with Crippen LogP contribution in [0.2, 0.25) is 0 Å². The van der Waals surface area contributed by atoms with E-state index in [0.29, 0.717) is 5.41 Å². The van der Waals surface area contributed by atoms with Gasteiger partial charge in [-0.1, -0.05) is 26.3 Å². The summed E-state index contributed by atoms with van der Waals surface area (Å²) in [6.07, 6.45) is 5.71. The van der Waals surface area contributed by atoms with Crippen LogP contribution in [-0.2, 0) is 0 Å². The van der Waals surface area contributed by atoms with Gasteiger partial charge in [0.1, 0.15) is 5.82 Å². The standard InChI is InChI=1S/C15H25N3/c1-4-15(3)7-9-18(10-8-15)14-6-5-13(11-17-14)12(2)16/h5-6,11-12H,4,7-10,16H2,1-3H3/t12-/m0/s1. The van der Waals surface area contributed by atoms with Crippen molar-refractivity contribution < 1.29 is 0 Å². The number of nitrogens with two attached hydrogens (primary N) is 1. The van der Waals surface area contributed by atoms with Crippen LogP contribution in [0.4, 0.5) is 5.82 Å². The third-order valence-electron chi connectivity index (χ3n) is 4.44. The first-order valence-electron chi connectivity index (χ1n) is 7.00. The average molecular weight is 247 g/mol. The Morgan fingerprint density at radius 3 is 2.50 bits per heavy atom. The predicted molar refractivity (Wildman–Crippen MR) is 76.7 cm³/mol. The molecule has 100 valence electrons. The largest absolute Gasteiger partial charge is 0.357 e. The normalized spacial score (nSPS) is 20.8. The van der Waals surface area contributed by atoms with Gasteiger partial charge >= 0.3 is 0 Å². The van der Waals surface area contributed by atoms with E-state index in [1.165, 1.54) is 19.3 Å². The fourth-order valence-corrected chi connectivity index (χ4v) is 2.48. The molecule has 0 radical (unpaired) electrons. The minimum absolute atomic E-state index is 0.0660. The molecular weight excluding hydrogens is 222 g/mol. The molecule has 2 rings (SSSR count). The van der Waals surface area contributed by atoms with Crippen LogP contribution < -0.4 is 10.6 Å². The summed E-state index contributed by atoms with van der Waals surface area (Å²) < 4.78 is 0. The number of piperidine rings is 1. The second-order valence-corrected chi connectivity index (χ2v) is 5.89. The van der Waals surface area contributed by atoms with Crippen LogP contribution >= 0.6 is 0 Å². The van der Waals surface area contributed by atoms with E-state index >= 15 is 0 Å². The van der Waals surface area contributed by atoms with E-state index in [1.807, 2.05) is 13.1 Å². The van der Waals surface area contributed by atoms with E-state index in [-0.39, 0.29) is 6.04 Å². The maximum absolute atomic E-state index is 5.84. The molecule has 0 aliphatic carbocycles. The smallest absolute Gasteiger partial charge is 0.128 e. The van der Waals surface area contributed by atoms with Crippen LogP contribution in [0.25, 0.3) is 0 Å². The van der Waals surface area contributed by atoms with Gasteiger partial charge in [0.25, 0.3) is 0 Å². The molecule has 0 bridgehead atoms. The van der Waals surface area contributed by atoms with Crippen molar-refractivity contribution in [1.82, 2.24) is 4.98 Å². The highest BCUT2D eigenvalue weighted by Gasteiger charge is 2.28. The third kappa shape index (κ3) is 2.83. The summed E-state index contributed by atoms with van der Waals surface area (Å²) in [7, 11) is 0. The van der Waals surface area contributed by atoms with Crippen LogP contribution in [0.15, 0.2) is 18.3 Å². The molecule has 18 heavy (non-hydrogen) atoms. The minimum atomic E-state index is 0.0660. The lowest BCUT2D eigenvalue weighted by molar-refractivity contribution is 0.238. The van der Waals surface area contributed by atoms with Gasteiger partial charge in [-0.25, -0.2) is 4.98 Å². The number of rotatable bonds is 3. The monoisotopic (exact) mass is 247 g/mol. The van der Waals surface area contributed by atoms with Crippen molar-refractivity contribution in [3.05, 3.63) is 23.9 Å². The molecule has 0 unspecified atom stereocenters. The Balaban J connectivity index is 2.01. The van der Waals surface area contributed by atoms with Crippen LogP contribution in [0.5, 0.6) is 0 Å². The van der Waals surface area contributed by atoms with Gasteiger partial charge in [-0.15, -0.1) is 0 Å². The number of pyridine rings is 1. The maximum Gasteiger partial charge on any atom is 0.128 e. The number of hydrogen-bond donors (Lipinski definition) is 1. The minimum Gasteiger partial charge on any atom is -0.357 e. The molecule has 1 aromatic heterocycles. The maximum atomic E-state index is 5.84. The number of nitrogens with zero attached hydrogens (tertiary/aromatic N) is 2. The van der Waals surface area contributed by atoms with Crippen molar-refractivity contribution in [1.29, 1.82) is 0 Å². The second kappa shape index (κ2) is 5.27. The van der Waals surface area contributed by atoms with Crippen molar-refractivity contribution in [3.8, 4) is 0 Å². The van der Waals surface area contributed by atoms with E-state index < -0.39 is 0 Å². The van der Waals surface area contributed by atoms with Gasteiger partial charge in [-0.3, -0.25) is 0 Å². The zero-order valence-electron chi connectivity index (χ0n) is 11.8. The van der Waals surface area contributed by atoms with Gasteiger partial charge in [0.2, 0.25) is 0 Å². The predicted octanol–water partition coefficient (Wildman–Crippen LogP) is 3.12. The van der Waals surface area contributed by atoms with E-state index in [0.717, 1.165) is 24.5 Å². The molecule has 0 aromatic carbocycles. The summed E-state index contributed by atoms with van der Waals surface area (Å²) in [5.74, 6) is 1.09. The van der Waals surface area contributed by atoms with E-state index in [2.05, 4.69) is 35.9 Å². The first-order chi connectivity index (χ1) is 8.54. The summed E-state index contributed by atoms with van der Waals surface area (Å²) >= 11 is 0. The highest BCUT2D eigenvalue weighted by Crippen LogP contribution is 2.35. The topological polar surface area (TPSA) is 42.1 Å². The van der Waals surface area contributed by atoms with Crippen molar-refractivity contribution in [2.24, 2.45) is 11.1 Å². The lowest BCUT2D eigenvalue weighted by atomic mass is 9.78. The molecule has 3 heteroatoms. The SMILES string of the molecule is CCC1(C)CCN(c2ccc([C@H](C)N)cn2)CC1. The number of anilines is 1. The fraction of sp³-hybridized carbons (Fsp3) is 0.667. The quantitative estimate of drug-likeness (QED) is 0.892. The van der Waals surface area contributed by atoms with Gasteiger partial charge < -0.3 is 10.6 Å². The molecule has 0 spiro atoms. The molecule has 1 aromatic rings. The van der Waals surface area contributed by atoms with Crippen LogP contribution in [0.3, 0.4) is 0 Å². The Morgan fingerprint density at radius 1 is 1.39 bits per heavy atom. The summed E-state index contributed by atoms with van der Waals surface area (Å²) in [5.41, 5.74) is 7.48. The van der Waals surface area contributed by atoms with Crippen LogP contribution in [0, 0.1) is 5.41 Å². The summed E-state index contributed by atoms with van der Waals surface area (Å²) in [6, 6.07) is 4.27. The molecule has 0 amide bonds. The van der Waals surface area contributed by atoms with Gasteiger partial charge in [0.15, 0.2) is 0 Å². The van der Waals surface area contributed by atoms with Crippen molar-refractivity contribution in [3.63, 3.8) is 0 Å². The van der Waals surface area contributed by atoms with Crippen molar-refractivity contribution in [2.75, 3.05) is 18.0 Å². The molecule has 1 aliphatic heterocycles. The Morgan fingerprint density at radius 2 is 2.06 bits per heavy atom. The molecule has 3 nitrogen and oxygen atoms in total. The lowest BCUT2D eigenvalue weighted by Crippen LogP contribution is -2.38. The fourth-order valence-electron chi connectivity index (χ4n) is 2.48. The third-order valence-corrected chi connectivity index (χ3v) is 4.44. The molecule has 1 atom stereocenters. The van der Waals surface area contributed by atoms with Gasteiger partial charge in [-0.2, -0.15) is 0 Å². The first-order valence-corrected chi connectivity index (χ1v) is 7.00. The van der Waals surface area contributed by atoms with Crippen LogP contribution in [0.1, 0.15) is 51.6 Å². The number of aromatic nitrogens is 1. The molecule has 1 aliphatic rings. The van der Waals surface area contributed by atoms with E-state index in [9.17, 15) is 0 Å². The summed E-state index contributed by atoms with van der Waals surface area (Å²) in [6.45, 7) is 8.93. The molecule has 2 heterocycles. The Labute approximate surface area is 110 Å². The second-order valence-electron chi connectivity index (χ2n) is 5.89. The molecule has 2 N–H and O–H groups in total. The van der Waals surface area contributed by atoms with E-state index in [4.69, 9.17) is 5.73 Å². The average Bonchev–Trinajstić information content (AvgIpc) is 2.40. The molecule has 0 saturated carbocycles. The molecule has 1 saturated heterocycles. The van der Waals surface area contributed by atoms with Crippen LogP contribution in [-0.4, -0.2) is 18.1 Å². The Kier molecular flexibility index (Phi) is 3.91. The highest BCUT2D eigenvalue weighted by molar-refractivity contribution is 5.40. The molecular formula is C15H25N3. The van der Waals surface area contributed by atoms with Crippen molar-refractivity contribution >= 4 is 5.82 Å². The zero-order valence-corrected chi connectivity index (χ0v) is 11.8. The molecule has 1 fully saturated rings. The summed E-state index contributed by atoms with van der Waals surface area (Å²) in [4.78, 5) is 6.93.